The van der Waals surface area contributed by atoms with Crippen molar-refractivity contribution in [2.45, 2.75) is 25.5 Å². The van der Waals surface area contributed by atoms with E-state index in [-0.39, 0.29) is 0 Å². The predicted octanol–water partition coefficient (Wildman–Crippen LogP) is 3.23. The van der Waals surface area contributed by atoms with Gasteiger partial charge in [-0.2, -0.15) is 11.8 Å². The van der Waals surface area contributed by atoms with E-state index in [0.29, 0.717) is 0 Å². The normalized spacial score (nSPS) is 20.9. The minimum absolute atomic E-state index is 0.893. The zero-order valence-electron chi connectivity index (χ0n) is 10.0. The molecule has 1 N–H and O–H groups in total. The van der Waals surface area contributed by atoms with Crippen LogP contribution in [0.3, 0.4) is 0 Å². The zero-order chi connectivity index (χ0) is 11.2. The highest BCUT2D eigenvalue weighted by atomic mass is 32.2. The first-order valence-electron chi connectivity index (χ1n) is 6.18. The number of hydrogen-bond acceptors (Lipinski definition) is 2. The molecule has 16 heavy (non-hydrogen) atoms. The molecule has 0 saturated carbocycles. The van der Waals surface area contributed by atoms with Gasteiger partial charge in [0.1, 0.15) is 0 Å². The lowest BCUT2D eigenvalue weighted by molar-refractivity contribution is 0.410. The molecule has 0 spiro atoms. The molecule has 0 aromatic heterocycles. The van der Waals surface area contributed by atoms with Crippen molar-refractivity contribution in [1.82, 2.24) is 5.32 Å². The average Bonchev–Trinajstić information content (AvgIpc) is 2.33. The Labute approximate surface area is 103 Å². The molecule has 1 heterocycles. The van der Waals surface area contributed by atoms with Crippen LogP contribution in [0.2, 0.25) is 0 Å². The first kappa shape index (κ1) is 12.0. The molecule has 0 bridgehead atoms. The van der Waals surface area contributed by atoms with Gasteiger partial charge in [-0.1, -0.05) is 29.8 Å². The lowest BCUT2D eigenvalue weighted by Crippen LogP contribution is -2.30. The van der Waals surface area contributed by atoms with Crippen molar-refractivity contribution in [3.63, 3.8) is 0 Å². The summed E-state index contributed by atoms with van der Waals surface area (Å²) in [6.45, 7) is 4.59. The summed E-state index contributed by atoms with van der Waals surface area (Å²) >= 11 is 2.08. The van der Waals surface area contributed by atoms with Crippen LogP contribution in [0.1, 0.15) is 24.0 Å². The van der Waals surface area contributed by atoms with E-state index in [9.17, 15) is 0 Å². The van der Waals surface area contributed by atoms with Crippen LogP contribution in [0.15, 0.2) is 24.3 Å². The molecule has 1 unspecified atom stereocenters. The fraction of sp³-hybridized carbons (Fsp3) is 0.571. The zero-order valence-corrected chi connectivity index (χ0v) is 10.9. The van der Waals surface area contributed by atoms with Crippen molar-refractivity contribution in [1.29, 1.82) is 0 Å². The van der Waals surface area contributed by atoms with Crippen LogP contribution in [0.25, 0.3) is 0 Å². The minimum atomic E-state index is 0.893. The first-order valence-corrected chi connectivity index (χ1v) is 7.34. The Morgan fingerprint density at radius 2 is 2.12 bits per heavy atom. The fourth-order valence-corrected chi connectivity index (χ4v) is 3.26. The molecule has 0 radical (unpaired) electrons. The molecule has 1 nitrogen and oxygen atoms in total. The Bertz CT molecular complexity index is 301. The molecule has 1 aromatic rings. The second kappa shape index (κ2) is 6.31. The summed E-state index contributed by atoms with van der Waals surface area (Å²) in [5, 5.41) is 3.48. The van der Waals surface area contributed by atoms with Crippen molar-refractivity contribution in [2.75, 3.05) is 18.8 Å². The van der Waals surface area contributed by atoms with Crippen molar-refractivity contribution in [3.8, 4) is 0 Å². The van der Waals surface area contributed by atoms with E-state index in [2.05, 4.69) is 48.3 Å². The molecule has 1 aliphatic heterocycles. The van der Waals surface area contributed by atoms with Gasteiger partial charge in [0.25, 0.3) is 0 Å². The minimum Gasteiger partial charge on any atom is -0.316 e. The van der Waals surface area contributed by atoms with Crippen molar-refractivity contribution < 1.29 is 0 Å². The van der Waals surface area contributed by atoms with Crippen molar-refractivity contribution >= 4 is 11.8 Å². The molecular weight excluding hydrogens is 214 g/mol. The average molecular weight is 235 g/mol. The van der Waals surface area contributed by atoms with Crippen molar-refractivity contribution in [3.05, 3.63) is 35.4 Å². The highest BCUT2D eigenvalue weighted by Crippen LogP contribution is 2.20. The second-order valence-electron chi connectivity index (χ2n) is 4.71. The monoisotopic (exact) mass is 235 g/mol. The quantitative estimate of drug-likeness (QED) is 0.860. The van der Waals surface area contributed by atoms with E-state index in [1.54, 1.807) is 0 Å². The summed E-state index contributed by atoms with van der Waals surface area (Å²) < 4.78 is 0. The number of thioether (sulfide) groups is 1. The SMILES string of the molecule is Cc1ccc(CSCC2CCCNC2)cc1. The van der Waals surface area contributed by atoms with Crippen molar-refractivity contribution in [2.24, 2.45) is 5.92 Å². The summed E-state index contributed by atoms with van der Waals surface area (Å²) in [4.78, 5) is 0. The van der Waals surface area contributed by atoms with Crippen LogP contribution < -0.4 is 5.32 Å². The molecule has 2 rings (SSSR count). The van der Waals surface area contributed by atoms with Gasteiger partial charge in [-0.15, -0.1) is 0 Å². The van der Waals surface area contributed by atoms with E-state index >= 15 is 0 Å². The lowest BCUT2D eigenvalue weighted by atomic mass is 10.0. The summed E-state index contributed by atoms with van der Waals surface area (Å²) in [5.41, 5.74) is 2.81. The van der Waals surface area contributed by atoms with Crippen LogP contribution in [0.5, 0.6) is 0 Å². The van der Waals surface area contributed by atoms with Crippen LogP contribution in [0, 0.1) is 12.8 Å². The highest BCUT2D eigenvalue weighted by molar-refractivity contribution is 7.98. The van der Waals surface area contributed by atoms with E-state index in [4.69, 9.17) is 0 Å². The van der Waals surface area contributed by atoms with E-state index in [0.717, 1.165) is 11.7 Å². The van der Waals surface area contributed by atoms with Gasteiger partial charge in [-0.25, -0.2) is 0 Å². The smallest absolute Gasteiger partial charge is 0.0184 e. The van der Waals surface area contributed by atoms with Gasteiger partial charge in [0, 0.05) is 5.75 Å². The number of nitrogens with one attached hydrogen (secondary N) is 1. The van der Waals surface area contributed by atoms with E-state index in [1.165, 1.54) is 42.8 Å². The molecule has 1 atom stereocenters. The van der Waals surface area contributed by atoms with E-state index in [1.807, 2.05) is 0 Å². The Kier molecular flexibility index (Phi) is 4.73. The Balaban J connectivity index is 1.69. The highest BCUT2D eigenvalue weighted by Gasteiger charge is 2.12. The molecule has 2 heteroatoms. The van der Waals surface area contributed by atoms with Gasteiger partial charge >= 0.3 is 0 Å². The maximum atomic E-state index is 3.48. The lowest BCUT2D eigenvalue weighted by Gasteiger charge is -2.22. The summed E-state index contributed by atoms with van der Waals surface area (Å²) in [6.07, 6.45) is 2.77. The summed E-state index contributed by atoms with van der Waals surface area (Å²) in [5.74, 6) is 3.36. The molecular formula is C14H21NS. The third-order valence-corrected chi connectivity index (χ3v) is 4.39. The molecule has 1 aromatic carbocycles. The first-order chi connectivity index (χ1) is 7.84. The fourth-order valence-electron chi connectivity index (χ4n) is 2.09. The van der Waals surface area contributed by atoms with Crippen LogP contribution in [-0.2, 0) is 5.75 Å². The molecule has 0 aliphatic carbocycles. The molecule has 1 aliphatic rings. The summed E-state index contributed by atoms with van der Waals surface area (Å²) in [7, 11) is 0. The maximum absolute atomic E-state index is 3.48. The van der Waals surface area contributed by atoms with Gasteiger partial charge in [0.2, 0.25) is 0 Å². The van der Waals surface area contributed by atoms with Crippen LogP contribution in [0.4, 0.5) is 0 Å². The molecule has 88 valence electrons. The summed E-state index contributed by atoms with van der Waals surface area (Å²) in [6, 6.07) is 8.92. The third kappa shape index (κ3) is 3.84. The Hall–Kier alpha value is -0.470. The third-order valence-electron chi connectivity index (χ3n) is 3.14. The van der Waals surface area contributed by atoms with Gasteiger partial charge in [-0.05, 0) is 50.1 Å². The number of benzene rings is 1. The largest absolute Gasteiger partial charge is 0.316 e. The van der Waals surface area contributed by atoms with E-state index < -0.39 is 0 Å². The topological polar surface area (TPSA) is 12.0 Å². The standard InChI is InChI=1S/C14H21NS/c1-12-4-6-13(7-5-12)10-16-11-14-3-2-8-15-9-14/h4-7,14-15H,2-3,8-11H2,1H3. The Morgan fingerprint density at radius 3 is 2.81 bits per heavy atom. The van der Waals surface area contributed by atoms with Gasteiger partial charge in [0.15, 0.2) is 0 Å². The van der Waals surface area contributed by atoms with Gasteiger partial charge in [0.05, 0.1) is 0 Å². The van der Waals surface area contributed by atoms with Crippen LogP contribution in [-0.4, -0.2) is 18.8 Å². The Morgan fingerprint density at radius 1 is 1.31 bits per heavy atom. The number of hydrogen-bond donors (Lipinski definition) is 1. The second-order valence-corrected chi connectivity index (χ2v) is 5.74. The molecule has 0 amide bonds. The van der Waals surface area contributed by atoms with Gasteiger partial charge < -0.3 is 5.32 Å². The number of rotatable bonds is 4. The maximum Gasteiger partial charge on any atom is 0.0184 e. The molecule has 1 fully saturated rings. The number of piperidine rings is 1. The number of aryl methyl sites for hydroxylation is 1. The predicted molar refractivity (Wildman–Crippen MR) is 72.9 cm³/mol. The van der Waals surface area contributed by atoms with Gasteiger partial charge in [-0.3, -0.25) is 0 Å². The molecule has 1 saturated heterocycles. The van der Waals surface area contributed by atoms with Crippen LogP contribution >= 0.6 is 11.8 Å².